The van der Waals surface area contributed by atoms with Crippen LogP contribution in [-0.4, -0.2) is 32.2 Å². The summed E-state index contributed by atoms with van der Waals surface area (Å²) in [6.07, 6.45) is -3.30. The summed E-state index contributed by atoms with van der Waals surface area (Å²) in [6, 6.07) is 26.3. The van der Waals surface area contributed by atoms with Crippen LogP contribution in [0, 0.1) is 6.92 Å². The Balaban J connectivity index is 0.000000426. The van der Waals surface area contributed by atoms with Gasteiger partial charge in [0.2, 0.25) is 0 Å². The van der Waals surface area contributed by atoms with Crippen molar-refractivity contribution in [3.8, 4) is 28.3 Å². The topological polar surface area (TPSA) is 114 Å². The minimum Gasteiger partial charge on any atom is -0.489 e. The number of pyridine rings is 1. The van der Waals surface area contributed by atoms with Crippen LogP contribution in [-0.2, 0) is 11.4 Å². The van der Waals surface area contributed by atoms with Crippen molar-refractivity contribution in [1.29, 1.82) is 0 Å². The number of nitrogens with one attached hydrogen (secondary N) is 1. The van der Waals surface area contributed by atoms with Crippen molar-refractivity contribution in [2.45, 2.75) is 19.7 Å². The van der Waals surface area contributed by atoms with E-state index in [-0.39, 0.29) is 0 Å². The molecule has 0 radical (unpaired) electrons. The molecule has 0 spiro atoms. The molecule has 0 amide bonds. The summed E-state index contributed by atoms with van der Waals surface area (Å²) < 4.78 is 37.6. The fraction of sp³-hybridized carbons (Fsp3) is 0.107. The van der Waals surface area contributed by atoms with E-state index in [1.807, 2.05) is 60.7 Å². The Kier molecular flexibility index (Phi) is 7.61. The van der Waals surface area contributed by atoms with Gasteiger partial charge in [0, 0.05) is 11.8 Å². The number of carbonyl (C=O) groups is 1. The van der Waals surface area contributed by atoms with Gasteiger partial charge < -0.3 is 20.6 Å². The van der Waals surface area contributed by atoms with Gasteiger partial charge in [-0.3, -0.25) is 0 Å². The predicted molar refractivity (Wildman–Crippen MR) is 138 cm³/mol. The third-order valence-corrected chi connectivity index (χ3v) is 5.49. The number of aromatic nitrogens is 3. The number of benzene rings is 3. The molecular formula is C28H23F3N4O3. The van der Waals surface area contributed by atoms with Crippen LogP contribution in [0.4, 0.5) is 19.0 Å². The van der Waals surface area contributed by atoms with Gasteiger partial charge in [-0.1, -0.05) is 48.5 Å². The first-order chi connectivity index (χ1) is 18.1. The number of fused-ring (bicyclic) bond motifs is 1. The Morgan fingerprint density at radius 2 is 1.68 bits per heavy atom. The van der Waals surface area contributed by atoms with Crippen LogP contribution in [0.3, 0.4) is 0 Å². The third kappa shape index (κ3) is 6.47. The average molecular weight is 521 g/mol. The maximum Gasteiger partial charge on any atom is 0.490 e. The number of aryl methyl sites for hydroxylation is 1. The summed E-state index contributed by atoms with van der Waals surface area (Å²) in [7, 11) is 0. The monoisotopic (exact) mass is 520 g/mol. The number of hydrogen-bond acceptors (Lipinski definition) is 5. The lowest BCUT2D eigenvalue weighted by atomic mass is 10.1. The van der Waals surface area contributed by atoms with E-state index in [4.69, 9.17) is 25.4 Å². The van der Waals surface area contributed by atoms with Crippen molar-refractivity contribution < 1.29 is 27.8 Å². The number of alkyl halides is 3. The fourth-order valence-corrected chi connectivity index (χ4v) is 3.56. The first kappa shape index (κ1) is 26.2. The molecule has 0 saturated carbocycles. The molecular weight excluding hydrogens is 497 g/mol. The number of imidazole rings is 1. The normalized spacial score (nSPS) is 11.1. The molecule has 0 saturated heterocycles. The van der Waals surface area contributed by atoms with Gasteiger partial charge in [0.1, 0.15) is 24.0 Å². The van der Waals surface area contributed by atoms with Crippen LogP contribution in [0.25, 0.3) is 33.5 Å². The van der Waals surface area contributed by atoms with Crippen molar-refractivity contribution in [2.75, 3.05) is 5.73 Å². The van der Waals surface area contributed by atoms with Gasteiger partial charge in [-0.05, 0) is 53.9 Å². The molecule has 2 aromatic heterocycles. The number of nitrogens with two attached hydrogens (primary N) is 1. The Bertz CT molecular complexity index is 1550. The van der Waals surface area contributed by atoms with Gasteiger partial charge in [0.15, 0.2) is 0 Å². The highest BCUT2D eigenvalue weighted by Gasteiger charge is 2.38. The van der Waals surface area contributed by atoms with Gasteiger partial charge in [0.25, 0.3) is 0 Å². The Hall–Kier alpha value is -4.86. The Morgan fingerprint density at radius 1 is 1.00 bits per heavy atom. The zero-order valence-corrected chi connectivity index (χ0v) is 20.2. The number of halogens is 3. The van der Waals surface area contributed by atoms with Crippen LogP contribution in [0.15, 0.2) is 85.1 Å². The van der Waals surface area contributed by atoms with Crippen LogP contribution in [0.1, 0.15) is 11.1 Å². The number of rotatable bonds is 5. The van der Waals surface area contributed by atoms with E-state index in [2.05, 4.69) is 35.1 Å². The van der Waals surface area contributed by atoms with Crippen molar-refractivity contribution in [3.63, 3.8) is 0 Å². The van der Waals surface area contributed by atoms with E-state index in [1.54, 1.807) is 6.20 Å². The standard InChI is InChI=1S/C26H22N4O.C2HF3O2/c1-17-7-12-23-24(13-17)30-26(29-23)22-14-20(15-28-25(22)27)19-8-10-21(11-9-19)31-16-18-5-3-2-4-6-18;3-2(4,5)1(6)7/h2-15H,16H2,1H3,(H2,27,28)(H,29,30);(H,6,7). The summed E-state index contributed by atoms with van der Waals surface area (Å²) in [5, 5.41) is 7.12. The van der Waals surface area contributed by atoms with Crippen LogP contribution < -0.4 is 10.5 Å². The number of carboxylic acids is 1. The second kappa shape index (κ2) is 11.0. The molecule has 2 heterocycles. The molecule has 0 bridgehead atoms. The maximum absolute atomic E-state index is 10.6. The average Bonchev–Trinajstić information content (AvgIpc) is 3.31. The van der Waals surface area contributed by atoms with Crippen molar-refractivity contribution >= 4 is 22.8 Å². The molecule has 4 N–H and O–H groups in total. The Morgan fingerprint density at radius 3 is 2.34 bits per heavy atom. The number of ether oxygens (including phenoxy) is 1. The molecule has 7 nitrogen and oxygen atoms in total. The van der Waals surface area contributed by atoms with E-state index in [1.165, 1.54) is 5.56 Å². The SMILES string of the molecule is Cc1ccc2nc(-c3cc(-c4ccc(OCc5ccccc5)cc4)cnc3N)[nH]c2c1.O=C(O)C(F)(F)F. The van der Waals surface area contributed by atoms with Gasteiger partial charge in [0.05, 0.1) is 16.6 Å². The smallest absolute Gasteiger partial charge is 0.489 e. The van der Waals surface area contributed by atoms with E-state index in [9.17, 15) is 13.2 Å². The summed E-state index contributed by atoms with van der Waals surface area (Å²) >= 11 is 0. The maximum atomic E-state index is 10.6. The lowest BCUT2D eigenvalue weighted by Gasteiger charge is -2.09. The summed E-state index contributed by atoms with van der Waals surface area (Å²) in [6.45, 7) is 2.60. The minimum atomic E-state index is -5.08. The zero-order chi connectivity index (χ0) is 27.3. The lowest BCUT2D eigenvalue weighted by Crippen LogP contribution is -2.21. The van der Waals surface area contributed by atoms with E-state index >= 15 is 0 Å². The van der Waals surface area contributed by atoms with Crippen molar-refractivity contribution in [1.82, 2.24) is 15.0 Å². The number of nitrogens with zero attached hydrogens (tertiary/aromatic N) is 2. The lowest BCUT2D eigenvalue weighted by molar-refractivity contribution is -0.192. The second-order valence-corrected chi connectivity index (χ2v) is 8.36. The van der Waals surface area contributed by atoms with Gasteiger partial charge in [-0.15, -0.1) is 0 Å². The highest BCUT2D eigenvalue weighted by Crippen LogP contribution is 2.30. The molecule has 3 aromatic carbocycles. The molecule has 0 unspecified atom stereocenters. The summed E-state index contributed by atoms with van der Waals surface area (Å²) in [5.74, 6) is -0.769. The number of nitrogen functional groups attached to an aromatic ring is 1. The molecule has 0 aliphatic heterocycles. The molecule has 0 aliphatic carbocycles. The number of H-pyrrole nitrogens is 1. The first-order valence-electron chi connectivity index (χ1n) is 11.4. The van der Waals surface area contributed by atoms with E-state index in [0.717, 1.165) is 44.9 Å². The number of hydrogen-bond donors (Lipinski definition) is 3. The largest absolute Gasteiger partial charge is 0.490 e. The number of carboxylic acid groups (broad SMARTS) is 1. The summed E-state index contributed by atoms with van der Waals surface area (Å²) in [5.41, 5.74) is 13.2. The molecule has 0 atom stereocenters. The predicted octanol–water partition coefficient (Wildman–Crippen LogP) is 6.39. The van der Waals surface area contributed by atoms with E-state index in [0.29, 0.717) is 12.4 Å². The molecule has 10 heteroatoms. The quantitative estimate of drug-likeness (QED) is 0.247. The van der Waals surface area contributed by atoms with E-state index < -0.39 is 12.1 Å². The van der Waals surface area contributed by atoms with Crippen LogP contribution >= 0.6 is 0 Å². The van der Waals surface area contributed by atoms with Crippen LogP contribution in [0.2, 0.25) is 0 Å². The number of aliphatic carboxylic acids is 1. The molecule has 5 aromatic rings. The molecule has 38 heavy (non-hydrogen) atoms. The van der Waals surface area contributed by atoms with Crippen molar-refractivity contribution in [3.05, 3.63) is 96.2 Å². The molecule has 0 fully saturated rings. The van der Waals surface area contributed by atoms with Gasteiger partial charge >= 0.3 is 12.1 Å². The highest BCUT2D eigenvalue weighted by molar-refractivity contribution is 5.83. The van der Waals surface area contributed by atoms with Gasteiger partial charge in [-0.2, -0.15) is 13.2 Å². The Labute approximate surface area is 215 Å². The second-order valence-electron chi connectivity index (χ2n) is 8.36. The first-order valence-corrected chi connectivity index (χ1v) is 11.4. The van der Waals surface area contributed by atoms with Crippen LogP contribution in [0.5, 0.6) is 5.75 Å². The number of aromatic amines is 1. The van der Waals surface area contributed by atoms with Gasteiger partial charge in [-0.25, -0.2) is 14.8 Å². The third-order valence-electron chi connectivity index (χ3n) is 5.49. The molecule has 5 rings (SSSR count). The zero-order valence-electron chi connectivity index (χ0n) is 20.2. The molecule has 0 aliphatic rings. The number of anilines is 1. The summed E-state index contributed by atoms with van der Waals surface area (Å²) in [4.78, 5) is 21.4. The minimum absolute atomic E-state index is 0.447. The fourth-order valence-electron chi connectivity index (χ4n) is 3.56. The molecule has 194 valence electrons. The highest BCUT2D eigenvalue weighted by atomic mass is 19.4. The van der Waals surface area contributed by atoms with Crippen molar-refractivity contribution in [2.24, 2.45) is 0 Å².